The van der Waals surface area contributed by atoms with Gasteiger partial charge in [-0.15, -0.1) is 11.3 Å². The lowest BCUT2D eigenvalue weighted by atomic mass is 10.2. The minimum Gasteiger partial charge on any atom is -0.480 e. The number of rotatable bonds is 7. The highest BCUT2D eigenvalue weighted by Gasteiger charge is 2.27. The van der Waals surface area contributed by atoms with Crippen LogP contribution in [0.4, 0.5) is 0 Å². The van der Waals surface area contributed by atoms with Crippen LogP contribution in [0.3, 0.4) is 0 Å². The fourth-order valence-electron chi connectivity index (χ4n) is 1.22. The van der Waals surface area contributed by atoms with Gasteiger partial charge < -0.3 is 10.8 Å². The summed E-state index contributed by atoms with van der Waals surface area (Å²) in [5, 5.41) is 9.15. The highest BCUT2D eigenvalue weighted by Crippen LogP contribution is 2.34. The molecule has 0 aromatic carbocycles. The Labute approximate surface area is 132 Å². The molecule has 112 valence electrons. The molecule has 4 N–H and O–H groups in total. The van der Waals surface area contributed by atoms with Crippen molar-refractivity contribution in [1.29, 1.82) is 0 Å². The number of thiophene rings is 1. The lowest BCUT2D eigenvalue weighted by Crippen LogP contribution is -2.41. The lowest BCUT2D eigenvalue weighted by Gasteiger charge is -2.12. The van der Waals surface area contributed by atoms with E-state index >= 15 is 0 Å². The molecule has 0 aliphatic rings. The normalized spacial score (nSPS) is 13.1. The van der Waals surface area contributed by atoms with Gasteiger partial charge in [0.15, 0.2) is 0 Å². The predicted molar refractivity (Wildman–Crippen MR) is 77.2 cm³/mol. The zero-order valence-corrected chi connectivity index (χ0v) is 13.8. The molecule has 0 radical (unpaired) electrons. The standard InChI is InChI=1S/C9H10BrClN2O5S2/c10-8-4(11)3-7(19-8)20(17,18)13-5(9(15)16)1-2-6(12)14/h3,5,13H,1-2H2,(H2,12,14)(H,15,16)/t5-/m1/s1. The average Bonchev–Trinajstić information content (AvgIpc) is 2.65. The highest BCUT2D eigenvalue weighted by molar-refractivity contribution is 9.11. The van der Waals surface area contributed by atoms with E-state index in [-0.39, 0.29) is 22.1 Å². The molecule has 0 saturated carbocycles. The molecule has 1 aromatic heterocycles. The smallest absolute Gasteiger partial charge is 0.321 e. The molecule has 0 fully saturated rings. The molecule has 20 heavy (non-hydrogen) atoms. The molecule has 0 aliphatic heterocycles. The number of carbonyl (C=O) groups is 2. The van der Waals surface area contributed by atoms with Gasteiger partial charge in [-0.1, -0.05) is 11.6 Å². The van der Waals surface area contributed by atoms with Gasteiger partial charge in [0, 0.05) is 6.42 Å². The molecule has 0 bridgehead atoms. The maximum absolute atomic E-state index is 12.0. The number of halogens is 2. The van der Waals surface area contributed by atoms with Crippen molar-refractivity contribution in [1.82, 2.24) is 4.72 Å². The summed E-state index contributed by atoms with van der Waals surface area (Å²) in [4.78, 5) is 21.6. The highest BCUT2D eigenvalue weighted by atomic mass is 79.9. The number of hydrogen-bond acceptors (Lipinski definition) is 5. The molecule has 1 amide bonds. The molecule has 7 nitrogen and oxygen atoms in total. The van der Waals surface area contributed by atoms with E-state index in [1.807, 2.05) is 4.72 Å². The van der Waals surface area contributed by atoms with Crippen LogP contribution in [0.15, 0.2) is 14.1 Å². The average molecular weight is 406 g/mol. The van der Waals surface area contributed by atoms with Crippen LogP contribution < -0.4 is 10.5 Å². The third-order valence-electron chi connectivity index (χ3n) is 2.16. The number of carboxylic acid groups (broad SMARTS) is 1. The molecule has 1 aromatic rings. The van der Waals surface area contributed by atoms with Crippen molar-refractivity contribution in [2.24, 2.45) is 5.73 Å². The Bertz CT molecular complexity index is 611. The fraction of sp³-hybridized carbons (Fsp3) is 0.333. The molecule has 1 rings (SSSR count). The van der Waals surface area contributed by atoms with Gasteiger partial charge in [-0.2, -0.15) is 4.72 Å². The Hall–Kier alpha value is -0.680. The number of nitrogens with one attached hydrogen (secondary N) is 1. The van der Waals surface area contributed by atoms with Crippen LogP contribution in [-0.2, 0) is 19.6 Å². The van der Waals surface area contributed by atoms with Crippen molar-refractivity contribution in [3.63, 3.8) is 0 Å². The van der Waals surface area contributed by atoms with Crippen molar-refractivity contribution in [2.75, 3.05) is 0 Å². The zero-order chi connectivity index (χ0) is 15.5. The molecule has 0 saturated heterocycles. The number of amides is 1. The van der Waals surface area contributed by atoms with Gasteiger partial charge >= 0.3 is 5.97 Å². The molecule has 0 aliphatic carbocycles. The van der Waals surface area contributed by atoms with Gasteiger partial charge in [0.2, 0.25) is 5.91 Å². The predicted octanol–water partition coefficient (Wildman–Crippen LogP) is 1.16. The third kappa shape index (κ3) is 4.70. The number of primary amides is 1. The maximum atomic E-state index is 12.0. The van der Waals surface area contributed by atoms with Crippen molar-refractivity contribution < 1.29 is 23.1 Å². The molecule has 11 heteroatoms. The Kier molecular flexibility index (Phi) is 5.95. The second-order valence-corrected chi connectivity index (χ2v) is 8.42. The summed E-state index contributed by atoms with van der Waals surface area (Å²) in [5.74, 6) is -2.10. The van der Waals surface area contributed by atoms with Gasteiger partial charge in [-0.3, -0.25) is 9.59 Å². The summed E-state index contributed by atoms with van der Waals surface area (Å²) < 4.78 is 26.3. The van der Waals surface area contributed by atoms with Crippen LogP contribution in [-0.4, -0.2) is 31.4 Å². The minimum atomic E-state index is -4.03. The number of sulfonamides is 1. The SMILES string of the molecule is NC(=O)CC[C@@H](NS(=O)(=O)c1cc(Cl)c(Br)s1)C(=O)O. The van der Waals surface area contributed by atoms with Gasteiger partial charge in [-0.05, 0) is 28.4 Å². The Morgan fingerprint density at radius 1 is 1.55 bits per heavy atom. The molecule has 1 heterocycles. The fourth-order valence-corrected chi connectivity index (χ4v) is 4.86. The number of aliphatic carboxylic acids is 1. The monoisotopic (exact) mass is 404 g/mol. The zero-order valence-electron chi connectivity index (χ0n) is 9.80. The minimum absolute atomic E-state index is 0.125. The van der Waals surface area contributed by atoms with E-state index in [1.165, 1.54) is 6.07 Å². The summed E-state index contributed by atoms with van der Waals surface area (Å²) in [5.41, 5.74) is 4.91. The molecular formula is C9H10BrClN2O5S2. The van der Waals surface area contributed by atoms with Crippen LogP contribution in [0.2, 0.25) is 5.02 Å². The number of carboxylic acids is 1. The first kappa shape index (κ1) is 17.4. The summed E-state index contributed by atoms with van der Waals surface area (Å²) in [6.07, 6.45) is -0.474. The second kappa shape index (κ2) is 6.85. The number of carbonyl (C=O) groups excluding carboxylic acids is 1. The summed E-state index contributed by atoms with van der Waals surface area (Å²) in [6.45, 7) is 0. The lowest BCUT2D eigenvalue weighted by molar-refractivity contribution is -0.139. The van der Waals surface area contributed by atoms with Gasteiger partial charge in [0.25, 0.3) is 10.0 Å². The topological polar surface area (TPSA) is 127 Å². The third-order valence-corrected chi connectivity index (χ3v) is 6.58. The Morgan fingerprint density at radius 2 is 2.15 bits per heavy atom. The molecule has 1 atom stereocenters. The number of hydrogen-bond donors (Lipinski definition) is 3. The van der Waals surface area contributed by atoms with Crippen molar-refractivity contribution in [3.8, 4) is 0 Å². The molecular weight excluding hydrogens is 396 g/mol. The van der Waals surface area contributed by atoms with E-state index in [2.05, 4.69) is 15.9 Å². The van der Waals surface area contributed by atoms with E-state index in [9.17, 15) is 18.0 Å². The van der Waals surface area contributed by atoms with E-state index in [0.29, 0.717) is 3.79 Å². The van der Waals surface area contributed by atoms with Crippen LogP contribution in [0.25, 0.3) is 0 Å². The first-order chi connectivity index (χ1) is 9.13. The second-order valence-electron chi connectivity index (χ2n) is 3.70. The van der Waals surface area contributed by atoms with Crippen LogP contribution >= 0.6 is 38.9 Å². The van der Waals surface area contributed by atoms with E-state index in [0.717, 1.165) is 11.3 Å². The maximum Gasteiger partial charge on any atom is 0.321 e. The quantitative estimate of drug-likeness (QED) is 0.627. The summed E-state index contributed by atoms with van der Waals surface area (Å²) in [6, 6.07) is -0.238. The Balaban J connectivity index is 2.91. The Morgan fingerprint density at radius 3 is 2.55 bits per heavy atom. The largest absolute Gasteiger partial charge is 0.480 e. The van der Waals surface area contributed by atoms with Crippen molar-refractivity contribution >= 4 is 60.8 Å². The van der Waals surface area contributed by atoms with E-state index in [1.54, 1.807) is 0 Å². The van der Waals surface area contributed by atoms with Crippen LogP contribution in [0, 0.1) is 0 Å². The van der Waals surface area contributed by atoms with Crippen molar-refractivity contribution in [2.45, 2.75) is 23.1 Å². The van der Waals surface area contributed by atoms with E-state index < -0.39 is 27.9 Å². The van der Waals surface area contributed by atoms with Gasteiger partial charge in [-0.25, -0.2) is 8.42 Å². The molecule has 0 unspecified atom stereocenters. The van der Waals surface area contributed by atoms with Crippen LogP contribution in [0.1, 0.15) is 12.8 Å². The summed E-state index contributed by atoms with van der Waals surface area (Å²) >= 11 is 9.65. The first-order valence-corrected chi connectivity index (χ1v) is 8.59. The summed E-state index contributed by atoms with van der Waals surface area (Å²) in [7, 11) is -4.03. The van der Waals surface area contributed by atoms with E-state index in [4.69, 9.17) is 22.4 Å². The molecule has 0 spiro atoms. The van der Waals surface area contributed by atoms with Gasteiger partial charge in [0.1, 0.15) is 10.3 Å². The first-order valence-electron chi connectivity index (χ1n) is 5.11. The van der Waals surface area contributed by atoms with Crippen molar-refractivity contribution in [3.05, 3.63) is 14.9 Å². The number of nitrogens with two attached hydrogens (primary N) is 1. The van der Waals surface area contributed by atoms with Crippen LogP contribution in [0.5, 0.6) is 0 Å². The van der Waals surface area contributed by atoms with Gasteiger partial charge in [0.05, 0.1) is 8.81 Å².